The smallest absolute Gasteiger partial charge is 0.260 e. The van der Waals surface area contributed by atoms with E-state index < -0.39 is 15.9 Å². The number of ether oxygens (including phenoxy) is 1. The lowest BCUT2D eigenvalue weighted by Crippen LogP contribution is -2.38. The van der Waals surface area contributed by atoms with Crippen molar-refractivity contribution in [1.29, 1.82) is 0 Å². The van der Waals surface area contributed by atoms with Crippen molar-refractivity contribution >= 4 is 39.4 Å². The monoisotopic (exact) mass is 471 g/mol. The van der Waals surface area contributed by atoms with E-state index in [9.17, 15) is 13.2 Å². The van der Waals surface area contributed by atoms with E-state index in [1.165, 1.54) is 6.21 Å². The van der Waals surface area contributed by atoms with Gasteiger partial charge in [-0.1, -0.05) is 41.9 Å². The molecule has 3 aromatic carbocycles. The fourth-order valence-corrected chi connectivity index (χ4v) is 3.72. The van der Waals surface area contributed by atoms with Crippen molar-refractivity contribution < 1.29 is 17.9 Å². The largest absolute Gasteiger partial charge is 0.489 e. The van der Waals surface area contributed by atoms with Crippen LogP contribution in [0, 0.1) is 0 Å². The van der Waals surface area contributed by atoms with Crippen LogP contribution in [-0.2, 0) is 21.4 Å². The van der Waals surface area contributed by atoms with Gasteiger partial charge in [0.2, 0.25) is 10.0 Å². The lowest BCUT2D eigenvalue weighted by atomic mass is 10.2. The summed E-state index contributed by atoms with van der Waals surface area (Å²) in [6, 6.07) is 23.0. The number of carbonyl (C=O) groups is 1. The number of amides is 1. The fraction of sp³-hybridized carbons (Fsp3) is 0.130. The molecule has 1 N–H and O–H groups in total. The molecule has 0 atom stereocenters. The number of hydrogen-bond acceptors (Lipinski definition) is 5. The van der Waals surface area contributed by atoms with Gasteiger partial charge in [0.25, 0.3) is 5.91 Å². The lowest BCUT2D eigenvalue weighted by molar-refractivity contribution is -0.119. The molecule has 0 spiro atoms. The predicted octanol–water partition coefficient (Wildman–Crippen LogP) is 3.84. The summed E-state index contributed by atoms with van der Waals surface area (Å²) in [5.74, 6) is 0.131. The zero-order valence-corrected chi connectivity index (χ0v) is 18.9. The Morgan fingerprint density at radius 3 is 2.31 bits per heavy atom. The van der Waals surface area contributed by atoms with Gasteiger partial charge in [-0.25, -0.2) is 13.8 Å². The predicted molar refractivity (Wildman–Crippen MR) is 127 cm³/mol. The molecular weight excluding hydrogens is 450 g/mol. The number of rotatable bonds is 9. The van der Waals surface area contributed by atoms with Crippen LogP contribution in [0.2, 0.25) is 5.02 Å². The van der Waals surface area contributed by atoms with Crippen LogP contribution in [0.25, 0.3) is 0 Å². The van der Waals surface area contributed by atoms with Crippen molar-refractivity contribution in [3.8, 4) is 5.75 Å². The Balaban J connectivity index is 1.52. The van der Waals surface area contributed by atoms with Crippen molar-refractivity contribution in [3.63, 3.8) is 0 Å². The molecule has 9 heteroatoms. The average Bonchev–Trinajstić information content (AvgIpc) is 2.78. The number of anilines is 1. The van der Waals surface area contributed by atoms with E-state index in [4.69, 9.17) is 16.3 Å². The summed E-state index contributed by atoms with van der Waals surface area (Å²) >= 11 is 5.87. The number of nitrogens with one attached hydrogen (secondary N) is 1. The summed E-state index contributed by atoms with van der Waals surface area (Å²) < 4.78 is 30.8. The number of nitrogens with zero attached hydrogens (tertiary/aromatic N) is 2. The minimum Gasteiger partial charge on any atom is -0.489 e. The zero-order chi connectivity index (χ0) is 23.0. The van der Waals surface area contributed by atoms with Gasteiger partial charge in [0.15, 0.2) is 0 Å². The molecule has 0 aliphatic heterocycles. The highest BCUT2D eigenvalue weighted by molar-refractivity contribution is 7.92. The summed E-state index contributed by atoms with van der Waals surface area (Å²) in [6.45, 7) is 0.0383. The molecular formula is C23H22ClN3O4S. The van der Waals surface area contributed by atoms with Gasteiger partial charge in [-0.2, -0.15) is 5.10 Å². The Labute approximate surface area is 192 Å². The number of benzene rings is 3. The second-order valence-corrected chi connectivity index (χ2v) is 9.23. The molecule has 32 heavy (non-hydrogen) atoms. The van der Waals surface area contributed by atoms with Gasteiger partial charge < -0.3 is 4.74 Å². The van der Waals surface area contributed by atoms with Crippen LogP contribution in [0.5, 0.6) is 5.75 Å². The average molecular weight is 472 g/mol. The molecule has 3 aromatic rings. The molecule has 0 aromatic heterocycles. The van der Waals surface area contributed by atoms with Gasteiger partial charge in [-0.05, 0) is 59.7 Å². The molecule has 0 heterocycles. The van der Waals surface area contributed by atoms with Crippen LogP contribution in [0.15, 0.2) is 84.0 Å². The van der Waals surface area contributed by atoms with Gasteiger partial charge in [0.05, 0.1) is 18.2 Å². The second kappa shape index (κ2) is 10.8. The highest BCUT2D eigenvalue weighted by Gasteiger charge is 2.20. The van der Waals surface area contributed by atoms with Crippen LogP contribution >= 0.6 is 11.6 Å². The first-order valence-electron chi connectivity index (χ1n) is 9.63. The van der Waals surface area contributed by atoms with Crippen LogP contribution < -0.4 is 14.5 Å². The standard InChI is InChI=1S/C23H22ClN3O4S/c1-32(29,30)27(21-5-3-2-4-6-21)16-23(28)26-25-15-18-9-13-22(14-10-18)31-17-19-7-11-20(24)12-8-19/h2-15H,16-17H2,1H3,(H,26,28)/b25-15-. The molecule has 0 bridgehead atoms. The normalized spacial score (nSPS) is 11.3. The van der Waals surface area contributed by atoms with Gasteiger partial charge >= 0.3 is 0 Å². The van der Waals surface area contributed by atoms with Crippen molar-refractivity contribution in [1.82, 2.24) is 5.43 Å². The van der Waals surface area contributed by atoms with Gasteiger partial charge in [-0.3, -0.25) is 9.10 Å². The summed E-state index contributed by atoms with van der Waals surface area (Å²) in [5.41, 5.74) is 4.50. The van der Waals surface area contributed by atoms with Gasteiger partial charge in [0.1, 0.15) is 18.9 Å². The van der Waals surface area contributed by atoms with E-state index >= 15 is 0 Å². The number of para-hydroxylation sites is 1. The molecule has 0 saturated carbocycles. The molecule has 1 amide bonds. The molecule has 3 rings (SSSR count). The van der Waals surface area contributed by atoms with E-state index in [-0.39, 0.29) is 6.54 Å². The second-order valence-electron chi connectivity index (χ2n) is 6.88. The fourth-order valence-electron chi connectivity index (χ4n) is 2.74. The first-order chi connectivity index (χ1) is 15.3. The third kappa shape index (κ3) is 7.11. The maximum atomic E-state index is 12.2. The summed E-state index contributed by atoms with van der Waals surface area (Å²) in [6.07, 6.45) is 2.52. The maximum absolute atomic E-state index is 12.2. The number of hydrazone groups is 1. The highest BCUT2D eigenvalue weighted by Crippen LogP contribution is 2.17. The number of sulfonamides is 1. The van der Waals surface area contributed by atoms with Crippen LogP contribution in [0.3, 0.4) is 0 Å². The topological polar surface area (TPSA) is 88.1 Å². The molecule has 0 radical (unpaired) electrons. The number of hydrogen-bond donors (Lipinski definition) is 1. The zero-order valence-electron chi connectivity index (χ0n) is 17.3. The number of carbonyl (C=O) groups excluding carboxylic acids is 1. The quantitative estimate of drug-likeness (QED) is 0.379. The number of halogens is 1. The first kappa shape index (κ1) is 23.3. The van der Waals surface area contributed by atoms with Gasteiger partial charge in [-0.15, -0.1) is 0 Å². The lowest BCUT2D eigenvalue weighted by Gasteiger charge is -2.21. The van der Waals surface area contributed by atoms with E-state index in [1.807, 2.05) is 24.3 Å². The van der Waals surface area contributed by atoms with Crippen molar-refractivity contribution in [2.45, 2.75) is 6.61 Å². The minimum atomic E-state index is -3.62. The third-order valence-corrected chi connectivity index (χ3v) is 5.73. The van der Waals surface area contributed by atoms with E-state index in [0.717, 1.165) is 21.7 Å². The maximum Gasteiger partial charge on any atom is 0.260 e. The Morgan fingerprint density at radius 1 is 1.03 bits per heavy atom. The Hall–Kier alpha value is -3.36. The summed E-state index contributed by atoms with van der Waals surface area (Å²) in [7, 11) is -3.62. The molecule has 0 aliphatic rings. The van der Waals surface area contributed by atoms with Crippen molar-refractivity contribution in [3.05, 3.63) is 95.0 Å². The molecule has 0 unspecified atom stereocenters. The molecule has 166 valence electrons. The Bertz CT molecular complexity index is 1170. The van der Waals surface area contributed by atoms with Gasteiger partial charge in [0, 0.05) is 5.02 Å². The SMILES string of the molecule is CS(=O)(=O)N(CC(=O)N/N=C\c1ccc(OCc2ccc(Cl)cc2)cc1)c1ccccc1. The van der Waals surface area contributed by atoms with E-state index in [0.29, 0.717) is 23.1 Å². The molecule has 0 saturated heterocycles. The molecule has 0 fully saturated rings. The first-order valence-corrected chi connectivity index (χ1v) is 11.9. The van der Waals surface area contributed by atoms with Crippen LogP contribution in [0.1, 0.15) is 11.1 Å². The van der Waals surface area contributed by atoms with Crippen LogP contribution in [-0.4, -0.2) is 33.3 Å². The van der Waals surface area contributed by atoms with Crippen molar-refractivity contribution in [2.75, 3.05) is 17.1 Å². The summed E-state index contributed by atoms with van der Waals surface area (Å²) in [5, 5.41) is 4.58. The van der Waals surface area contributed by atoms with E-state index in [1.54, 1.807) is 54.6 Å². The van der Waals surface area contributed by atoms with Crippen LogP contribution in [0.4, 0.5) is 5.69 Å². The Kier molecular flexibility index (Phi) is 7.86. The van der Waals surface area contributed by atoms with E-state index in [2.05, 4.69) is 10.5 Å². The third-order valence-electron chi connectivity index (χ3n) is 4.33. The molecule has 0 aliphatic carbocycles. The van der Waals surface area contributed by atoms with Crippen molar-refractivity contribution in [2.24, 2.45) is 5.10 Å². The Morgan fingerprint density at radius 2 is 1.69 bits per heavy atom. The highest BCUT2D eigenvalue weighted by atomic mass is 35.5. The molecule has 7 nitrogen and oxygen atoms in total. The minimum absolute atomic E-state index is 0.377. The summed E-state index contributed by atoms with van der Waals surface area (Å²) in [4.78, 5) is 12.2.